The molecule has 0 unspecified atom stereocenters. The van der Waals surface area contributed by atoms with E-state index in [4.69, 9.17) is 0 Å². The van der Waals surface area contributed by atoms with Crippen LogP contribution in [0.5, 0.6) is 0 Å². The topological polar surface area (TPSA) is 20.2 Å². The van der Waals surface area contributed by atoms with Crippen LogP contribution in [0.25, 0.3) is 0 Å². The Morgan fingerprint density at radius 3 is 2.92 bits per heavy atom. The van der Waals surface area contributed by atoms with Crippen molar-refractivity contribution in [3.05, 3.63) is 10.6 Å². The summed E-state index contributed by atoms with van der Waals surface area (Å²) >= 11 is 3.54. The Balaban J connectivity index is 2.27. The first kappa shape index (κ1) is 9.72. The monoisotopic (exact) mass is 244 g/mol. The molecular formula is C11H17BrO. The third-order valence-corrected chi connectivity index (χ3v) is 4.38. The molecule has 0 radical (unpaired) electrons. The van der Waals surface area contributed by atoms with Crippen LogP contribution in [-0.2, 0) is 0 Å². The standard InChI is InChI=1S/C11H17BrO/c1-11(2)6-10(13)8-5-7(12)3-4-9(8)11/h5,8-10,13H,3-4,6H2,1-2H3/t8-,9+,10-/m0/s1. The van der Waals surface area contributed by atoms with Crippen LogP contribution in [0.15, 0.2) is 10.6 Å². The summed E-state index contributed by atoms with van der Waals surface area (Å²) in [6, 6.07) is 0. The smallest absolute Gasteiger partial charge is 0.0611 e. The average Bonchev–Trinajstić information content (AvgIpc) is 2.22. The maximum absolute atomic E-state index is 9.91. The molecule has 0 bridgehead atoms. The van der Waals surface area contributed by atoms with Crippen LogP contribution in [0.1, 0.15) is 33.1 Å². The summed E-state index contributed by atoms with van der Waals surface area (Å²) < 4.78 is 1.28. The lowest BCUT2D eigenvalue weighted by molar-refractivity contribution is 0.137. The highest BCUT2D eigenvalue weighted by Gasteiger charge is 2.47. The Labute approximate surface area is 88.3 Å². The molecule has 0 aliphatic heterocycles. The molecule has 0 spiro atoms. The first-order valence-corrected chi connectivity index (χ1v) is 5.84. The molecule has 2 rings (SSSR count). The quantitative estimate of drug-likeness (QED) is 0.695. The maximum atomic E-state index is 9.91. The maximum Gasteiger partial charge on any atom is 0.0611 e. The minimum absolute atomic E-state index is 0.118. The zero-order chi connectivity index (χ0) is 9.64. The Morgan fingerprint density at radius 1 is 1.54 bits per heavy atom. The Bertz CT molecular complexity index is 244. The van der Waals surface area contributed by atoms with Crippen LogP contribution in [0.4, 0.5) is 0 Å². The van der Waals surface area contributed by atoms with Crippen molar-refractivity contribution in [3.63, 3.8) is 0 Å². The molecule has 0 saturated heterocycles. The van der Waals surface area contributed by atoms with Gasteiger partial charge in [0.1, 0.15) is 0 Å². The van der Waals surface area contributed by atoms with Gasteiger partial charge in [0.25, 0.3) is 0 Å². The Hall–Kier alpha value is 0.180. The van der Waals surface area contributed by atoms with Crippen LogP contribution in [0, 0.1) is 17.3 Å². The third-order valence-electron chi connectivity index (χ3n) is 3.72. The molecule has 3 atom stereocenters. The van der Waals surface area contributed by atoms with Crippen molar-refractivity contribution < 1.29 is 5.11 Å². The van der Waals surface area contributed by atoms with Gasteiger partial charge in [0, 0.05) is 5.92 Å². The second-order valence-electron chi connectivity index (χ2n) is 5.10. The lowest BCUT2D eigenvalue weighted by Crippen LogP contribution is -2.25. The molecule has 2 aliphatic rings. The average molecular weight is 245 g/mol. The summed E-state index contributed by atoms with van der Waals surface area (Å²) in [6.07, 6.45) is 5.45. The van der Waals surface area contributed by atoms with Gasteiger partial charge in [-0.15, -0.1) is 0 Å². The van der Waals surface area contributed by atoms with Crippen molar-refractivity contribution in [2.45, 2.75) is 39.2 Å². The zero-order valence-electron chi connectivity index (χ0n) is 8.26. The predicted molar refractivity (Wildman–Crippen MR) is 57.6 cm³/mol. The Kier molecular flexibility index (Phi) is 2.31. The molecule has 0 aromatic heterocycles. The van der Waals surface area contributed by atoms with Crippen molar-refractivity contribution in [3.8, 4) is 0 Å². The van der Waals surface area contributed by atoms with Crippen molar-refractivity contribution >= 4 is 15.9 Å². The zero-order valence-corrected chi connectivity index (χ0v) is 9.84. The largest absolute Gasteiger partial charge is 0.392 e. The van der Waals surface area contributed by atoms with Gasteiger partial charge in [-0.3, -0.25) is 0 Å². The molecule has 0 aromatic rings. The number of allylic oxidation sites excluding steroid dienone is 1. The van der Waals surface area contributed by atoms with Crippen LogP contribution < -0.4 is 0 Å². The highest BCUT2D eigenvalue weighted by atomic mass is 79.9. The lowest BCUT2D eigenvalue weighted by Gasteiger charge is -2.32. The molecule has 0 amide bonds. The van der Waals surface area contributed by atoms with Crippen molar-refractivity contribution in [1.82, 2.24) is 0 Å². The third kappa shape index (κ3) is 1.59. The molecule has 13 heavy (non-hydrogen) atoms. The molecule has 1 nitrogen and oxygen atoms in total. The summed E-state index contributed by atoms with van der Waals surface area (Å²) in [6.45, 7) is 4.57. The van der Waals surface area contributed by atoms with Gasteiger partial charge in [-0.2, -0.15) is 0 Å². The first-order chi connectivity index (χ1) is 6.00. The number of aliphatic hydroxyl groups excluding tert-OH is 1. The lowest BCUT2D eigenvalue weighted by atomic mass is 9.74. The number of hydrogen-bond donors (Lipinski definition) is 1. The number of hydrogen-bond acceptors (Lipinski definition) is 1. The summed E-state index contributed by atoms with van der Waals surface area (Å²) in [5.74, 6) is 1.09. The van der Waals surface area contributed by atoms with E-state index >= 15 is 0 Å². The second-order valence-corrected chi connectivity index (χ2v) is 6.11. The van der Waals surface area contributed by atoms with Crippen LogP contribution in [0.2, 0.25) is 0 Å². The van der Waals surface area contributed by atoms with Crippen LogP contribution >= 0.6 is 15.9 Å². The molecule has 1 fully saturated rings. The first-order valence-electron chi connectivity index (χ1n) is 5.05. The van der Waals surface area contributed by atoms with Gasteiger partial charge in [-0.25, -0.2) is 0 Å². The van der Waals surface area contributed by atoms with E-state index < -0.39 is 0 Å². The highest BCUT2D eigenvalue weighted by Crippen LogP contribution is 2.52. The van der Waals surface area contributed by atoms with Crippen LogP contribution in [-0.4, -0.2) is 11.2 Å². The summed E-state index contributed by atoms with van der Waals surface area (Å²) in [4.78, 5) is 0. The predicted octanol–water partition coefficient (Wildman–Crippen LogP) is 3.08. The normalized spacial score (nSPS) is 42.8. The molecule has 1 saturated carbocycles. The van der Waals surface area contributed by atoms with Gasteiger partial charge in [0.2, 0.25) is 0 Å². The summed E-state index contributed by atoms with van der Waals surface area (Å²) in [7, 11) is 0. The molecule has 2 aliphatic carbocycles. The fraction of sp³-hybridized carbons (Fsp3) is 0.818. The summed E-state index contributed by atoms with van der Waals surface area (Å²) in [5, 5.41) is 9.91. The number of rotatable bonds is 0. The molecular weight excluding hydrogens is 228 g/mol. The molecule has 1 N–H and O–H groups in total. The SMILES string of the molecule is CC1(C)C[C@H](O)[C@H]2C=C(Br)CC[C@H]21. The van der Waals surface area contributed by atoms with Gasteiger partial charge in [0.05, 0.1) is 6.10 Å². The fourth-order valence-electron chi connectivity index (χ4n) is 3.01. The summed E-state index contributed by atoms with van der Waals surface area (Å²) in [5.41, 5.74) is 0.328. The van der Waals surface area contributed by atoms with E-state index in [1.807, 2.05) is 0 Å². The van der Waals surface area contributed by atoms with E-state index in [1.54, 1.807) is 0 Å². The molecule has 2 heteroatoms. The van der Waals surface area contributed by atoms with Crippen molar-refractivity contribution in [1.29, 1.82) is 0 Å². The molecule has 0 aromatic carbocycles. The van der Waals surface area contributed by atoms with E-state index in [0.717, 1.165) is 12.8 Å². The number of fused-ring (bicyclic) bond motifs is 1. The Morgan fingerprint density at radius 2 is 2.23 bits per heavy atom. The molecule has 0 heterocycles. The van der Waals surface area contributed by atoms with Gasteiger partial charge in [-0.1, -0.05) is 35.9 Å². The minimum Gasteiger partial charge on any atom is -0.392 e. The van der Waals surface area contributed by atoms with E-state index in [9.17, 15) is 5.11 Å². The second kappa shape index (κ2) is 3.09. The van der Waals surface area contributed by atoms with Gasteiger partial charge < -0.3 is 5.11 Å². The van der Waals surface area contributed by atoms with E-state index in [-0.39, 0.29) is 6.10 Å². The van der Waals surface area contributed by atoms with E-state index in [1.165, 1.54) is 10.9 Å². The van der Waals surface area contributed by atoms with E-state index in [2.05, 4.69) is 35.9 Å². The van der Waals surface area contributed by atoms with Gasteiger partial charge in [-0.05, 0) is 35.1 Å². The minimum atomic E-state index is -0.118. The number of aliphatic hydroxyl groups is 1. The van der Waals surface area contributed by atoms with E-state index in [0.29, 0.717) is 17.3 Å². The highest BCUT2D eigenvalue weighted by molar-refractivity contribution is 9.11. The van der Waals surface area contributed by atoms with Gasteiger partial charge in [0.15, 0.2) is 0 Å². The van der Waals surface area contributed by atoms with Gasteiger partial charge >= 0.3 is 0 Å². The fourth-order valence-corrected chi connectivity index (χ4v) is 3.55. The molecule has 74 valence electrons. The van der Waals surface area contributed by atoms with Crippen LogP contribution in [0.3, 0.4) is 0 Å². The van der Waals surface area contributed by atoms with Crippen molar-refractivity contribution in [2.24, 2.45) is 17.3 Å². The number of halogens is 1. The van der Waals surface area contributed by atoms with Crippen molar-refractivity contribution in [2.75, 3.05) is 0 Å².